The molecule has 5 heteroatoms. The van der Waals surface area contributed by atoms with Gasteiger partial charge in [0.2, 0.25) is 0 Å². The minimum Gasteiger partial charge on any atom is -0.492 e. The maximum atomic E-state index is 8.31. The van der Waals surface area contributed by atoms with Gasteiger partial charge in [0, 0.05) is 6.42 Å². The van der Waals surface area contributed by atoms with Crippen molar-refractivity contribution in [2.24, 2.45) is 10.9 Å². The molecule has 0 radical (unpaired) electrons. The predicted octanol–water partition coefficient (Wildman–Crippen LogP) is 2.16. The second-order valence-corrected chi connectivity index (χ2v) is 3.53. The number of nitrogens with two attached hydrogens (primary N) is 1. The highest BCUT2D eigenvalue weighted by Crippen LogP contribution is 2.25. The normalized spacial score (nSPS) is 11.5. The summed E-state index contributed by atoms with van der Waals surface area (Å²) in [4.78, 5) is 0. The van der Waals surface area contributed by atoms with Crippen LogP contribution >= 0.6 is 11.6 Å². The fourth-order valence-corrected chi connectivity index (χ4v) is 1.21. The second-order valence-electron chi connectivity index (χ2n) is 3.12. The number of ether oxygens (including phenoxy) is 1. The van der Waals surface area contributed by atoms with Crippen LogP contribution in [0, 0.1) is 6.92 Å². The first kappa shape index (κ1) is 11.7. The number of benzene rings is 1. The van der Waals surface area contributed by atoms with Gasteiger partial charge < -0.3 is 15.7 Å². The lowest BCUT2D eigenvalue weighted by Crippen LogP contribution is -2.15. The molecule has 1 rings (SSSR count). The maximum absolute atomic E-state index is 8.31. The van der Waals surface area contributed by atoms with Gasteiger partial charge in [-0.1, -0.05) is 22.8 Å². The lowest BCUT2D eigenvalue weighted by molar-refractivity contribution is 0.305. The van der Waals surface area contributed by atoms with Crippen molar-refractivity contribution in [3.63, 3.8) is 0 Å². The Kier molecular flexibility index (Phi) is 4.24. The summed E-state index contributed by atoms with van der Waals surface area (Å²) in [7, 11) is 0. The molecule has 0 aliphatic heterocycles. The van der Waals surface area contributed by atoms with Crippen LogP contribution in [0.15, 0.2) is 23.4 Å². The zero-order valence-corrected chi connectivity index (χ0v) is 9.16. The SMILES string of the molecule is Cc1ccc(Cl)c(OCC/C(N)=N/O)c1. The lowest BCUT2D eigenvalue weighted by Gasteiger charge is -2.07. The first-order chi connectivity index (χ1) is 7.13. The molecule has 0 fully saturated rings. The van der Waals surface area contributed by atoms with Crippen molar-refractivity contribution in [1.82, 2.24) is 0 Å². The van der Waals surface area contributed by atoms with Gasteiger partial charge in [0.25, 0.3) is 0 Å². The molecule has 0 aliphatic rings. The molecule has 0 amide bonds. The number of amidine groups is 1. The van der Waals surface area contributed by atoms with Gasteiger partial charge in [-0.3, -0.25) is 0 Å². The van der Waals surface area contributed by atoms with E-state index < -0.39 is 0 Å². The minimum absolute atomic E-state index is 0.138. The van der Waals surface area contributed by atoms with Crippen LogP contribution < -0.4 is 10.5 Å². The van der Waals surface area contributed by atoms with E-state index in [9.17, 15) is 0 Å². The molecule has 82 valence electrons. The predicted molar refractivity (Wildman–Crippen MR) is 59.7 cm³/mol. The van der Waals surface area contributed by atoms with Crippen LogP contribution in [-0.2, 0) is 0 Å². The highest BCUT2D eigenvalue weighted by atomic mass is 35.5. The van der Waals surface area contributed by atoms with Crippen molar-refractivity contribution in [2.75, 3.05) is 6.61 Å². The number of oxime groups is 1. The molecule has 0 aromatic heterocycles. The summed E-state index contributed by atoms with van der Waals surface area (Å²) in [6, 6.07) is 5.52. The summed E-state index contributed by atoms with van der Waals surface area (Å²) >= 11 is 5.91. The fourth-order valence-electron chi connectivity index (χ4n) is 1.04. The summed E-state index contributed by atoms with van der Waals surface area (Å²) in [6.07, 6.45) is 0.362. The van der Waals surface area contributed by atoms with Gasteiger partial charge in [0.15, 0.2) is 0 Å². The number of rotatable bonds is 4. The summed E-state index contributed by atoms with van der Waals surface area (Å²) in [5.74, 6) is 0.751. The quantitative estimate of drug-likeness (QED) is 0.359. The molecule has 0 saturated carbocycles. The van der Waals surface area contributed by atoms with E-state index >= 15 is 0 Å². The van der Waals surface area contributed by atoms with Crippen molar-refractivity contribution in [3.05, 3.63) is 28.8 Å². The Bertz CT molecular complexity index is 366. The van der Waals surface area contributed by atoms with Crippen molar-refractivity contribution in [2.45, 2.75) is 13.3 Å². The average molecular weight is 229 g/mol. The summed E-state index contributed by atoms with van der Waals surface area (Å²) in [6.45, 7) is 2.28. The van der Waals surface area contributed by atoms with E-state index in [4.69, 9.17) is 27.3 Å². The summed E-state index contributed by atoms with van der Waals surface area (Å²) < 4.78 is 5.39. The van der Waals surface area contributed by atoms with E-state index in [2.05, 4.69) is 5.16 Å². The fraction of sp³-hybridized carbons (Fsp3) is 0.300. The first-order valence-electron chi connectivity index (χ1n) is 4.49. The molecule has 1 aromatic rings. The standard InChI is InChI=1S/C10H13ClN2O2/c1-7-2-3-8(11)9(6-7)15-5-4-10(12)13-14/h2-3,6,14H,4-5H2,1H3,(H2,12,13). The van der Waals surface area contributed by atoms with Gasteiger partial charge in [-0.15, -0.1) is 0 Å². The van der Waals surface area contributed by atoms with Crippen molar-refractivity contribution in [1.29, 1.82) is 0 Å². The van der Waals surface area contributed by atoms with Crippen molar-refractivity contribution >= 4 is 17.4 Å². The zero-order valence-electron chi connectivity index (χ0n) is 8.40. The Labute approximate surface area is 93.3 Å². The van der Waals surface area contributed by atoms with E-state index in [-0.39, 0.29) is 5.84 Å². The molecule has 0 atom stereocenters. The van der Waals surface area contributed by atoms with Crippen LogP contribution in [0.3, 0.4) is 0 Å². The maximum Gasteiger partial charge on any atom is 0.142 e. The van der Waals surface area contributed by atoms with Crippen LogP contribution in [0.25, 0.3) is 0 Å². The number of halogens is 1. The highest BCUT2D eigenvalue weighted by molar-refractivity contribution is 6.32. The second kappa shape index (κ2) is 5.46. The molecule has 0 aliphatic carbocycles. The monoisotopic (exact) mass is 228 g/mol. The lowest BCUT2D eigenvalue weighted by atomic mass is 10.2. The third-order valence-electron chi connectivity index (χ3n) is 1.83. The molecule has 0 saturated heterocycles. The molecule has 3 N–H and O–H groups in total. The van der Waals surface area contributed by atoms with Crippen LogP contribution in [0.5, 0.6) is 5.75 Å². The third-order valence-corrected chi connectivity index (χ3v) is 2.14. The van der Waals surface area contributed by atoms with Crippen LogP contribution in [0.1, 0.15) is 12.0 Å². The van der Waals surface area contributed by atoms with E-state index in [1.165, 1.54) is 0 Å². The van der Waals surface area contributed by atoms with Crippen LogP contribution in [-0.4, -0.2) is 17.6 Å². The Morgan fingerprint density at radius 2 is 2.33 bits per heavy atom. The van der Waals surface area contributed by atoms with E-state index in [1.807, 2.05) is 19.1 Å². The van der Waals surface area contributed by atoms with Gasteiger partial charge in [-0.05, 0) is 24.6 Å². The first-order valence-corrected chi connectivity index (χ1v) is 4.86. The Hall–Kier alpha value is -1.42. The topological polar surface area (TPSA) is 67.8 Å². The van der Waals surface area contributed by atoms with Crippen molar-refractivity contribution < 1.29 is 9.94 Å². The molecule has 1 aromatic carbocycles. The Morgan fingerprint density at radius 3 is 3.00 bits per heavy atom. The van der Waals surface area contributed by atoms with Crippen LogP contribution in [0.2, 0.25) is 5.02 Å². The van der Waals surface area contributed by atoms with Crippen molar-refractivity contribution in [3.8, 4) is 5.75 Å². The minimum atomic E-state index is 0.138. The summed E-state index contributed by atoms with van der Waals surface area (Å²) in [5, 5.41) is 11.7. The van der Waals surface area contributed by atoms with E-state index in [0.717, 1.165) is 5.56 Å². The molecule has 15 heavy (non-hydrogen) atoms. The van der Waals surface area contributed by atoms with Gasteiger partial charge in [-0.25, -0.2) is 0 Å². The summed E-state index contributed by atoms with van der Waals surface area (Å²) in [5.41, 5.74) is 6.36. The van der Waals surface area contributed by atoms with E-state index in [0.29, 0.717) is 23.8 Å². The van der Waals surface area contributed by atoms with Crippen LogP contribution in [0.4, 0.5) is 0 Å². The molecular formula is C10H13ClN2O2. The van der Waals surface area contributed by atoms with Gasteiger partial charge in [0.05, 0.1) is 11.6 Å². The zero-order chi connectivity index (χ0) is 11.3. The number of nitrogens with zero attached hydrogens (tertiary/aromatic N) is 1. The molecule has 4 nitrogen and oxygen atoms in total. The van der Waals surface area contributed by atoms with Gasteiger partial charge >= 0.3 is 0 Å². The van der Waals surface area contributed by atoms with Gasteiger partial charge in [-0.2, -0.15) is 0 Å². The van der Waals surface area contributed by atoms with E-state index in [1.54, 1.807) is 6.07 Å². The average Bonchev–Trinajstić information content (AvgIpc) is 2.23. The smallest absolute Gasteiger partial charge is 0.142 e. The number of hydrogen-bond donors (Lipinski definition) is 2. The Morgan fingerprint density at radius 1 is 1.60 bits per heavy atom. The van der Waals surface area contributed by atoms with Gasteiger partial charge in [0.1, 0.15) is 11.6 Å². The number of aryl methyl sites for hydroxylation is 1. The molecule has 0 bridgehead atoms. The Balaban J connectivity index is 2.54. The largest absolute Gasteiger partial charge is 0.492 e. The highest BCUT2D eigenvalue weighted by Gasteiger charge is 2.02. The third kappa shape index (κ3) is 3.67. The molecular weight excluding hydrogens is 216 g/mol. The molecule has 0 unspecified atom stereocenters. The number of hydrogen-bond acceptors (Lipinski definition) is 3. The molecule has 0 heterocycles. The molecule has 0 spiro atoms.